The summed E-state index contributed by atoms with van der Waals surface area (Å²) in [6.07, 6.45) is 2.41. The van der Waals surface area contributed by atoms with E-state index in [0.717, 1.165) is 11.1 Å². The van der Waals surface area contributed by atoms with E-state index < -0.39 is 23.8 Å². The van der Waals surface area contributed by atoms with Gasteiger partial charge in [-0.25, -0.2) is 0 Å². The normalized spacial score (nSPS) is 12.4. The minimum absolute atomic E-state index is 0.170. The van der Waals surface area contributed by atoms with Gasteiger partial charge in [-0.2, -0.15) is 0 Å². The zero-order valence-electron chi connectivity index (χ0n) is 21.7. The van der Waals surface area contributed by atoms with E-state index in [1.54, 1.807) is 0 Å². The van der Waals surface area contributed by atoms with Crippen LogP contribution < -0.4 is 21.7 Å². The maximum absolute atomic E-state index is 12.7. The molecule has 2 rings (SSSR count). The van der Waals surface area contributed by atoms with Crippen LogP contribution in [0.1, 0.15) is 81.1 Å². The molecule has 1 atom stereocenters. The molecule has 2 aromatic rings. The van der Waals surface area contributed by atoms with Crippen molar-refractivity contribution in [3.05, 3.63) is 58.9 Å². The number of carboxylic acid groups (broad SMARTS) is 1. The highest BCUT2D eigenvalue weighted by Gasteiger charge is 2.25. The highest BCUT2D eigenvalue weighted by molar-refractivity contribution is 5.98. The van der Waals surface area contributed by atoms with Crippen LogP contribution in [0.15, 0.2) is 36.7 Å². The van der Waals surface area contributed by atoms with Gasteiger partial charge < -0.3 is 26.8 Å². The third kappa shape index (κ3) is 8.37. The molecule has 0 aliphatic rings. The van der Waals surface area contributed by atoms with Gasteiger partial charge in [0.25, 0.3) is 5.91 Å². The minimum atomic E-state index is -1.05. The van der Waals surface area contributed by atoms with Crippen LogP contribution in [0.3, 0.4) is 0 Å². The minimum Gasteiger partial charge on any atom is -0.481 e. The maximum Gasteiger partial charge on any atom is 0.305 e. The number of hydrogen-bond donors (Lipinski definition) is 6. The number of rotatable bonds is 8. The van der Waals surface area contributed by atoms with Gasteiger partial charge >= 0.3 is 5.97 Å². The van der Waals surface area contributed by atoms with E-state index in [4.69, 9.17) is 11.1 Å². The molecular formula is C26H36N6O4. The molecule has 2 amide bonds. The number of nitrogens with zero attached hydrogens (tertiary/aromatic N) is 1. The van der Waals surface area contributed by atoms with Gasteiger partial charge in [-0.15, -0.1) is 0 Å². The number of nitrogens with two attached hydrogens (primary N) is 1. The van der Waals surface area contributed by atoms with Crippen molar-refractivity contribution in [2.45, 2.75) is 64.8 Å². The van der Waals surface area contributed by atoms with Crippen molar-refractivity contribution in [2.24, 2.45) is 5.73 Å². The Bertz CT molecular complexity index is 1120. The summed E-state index contributed by atoms with van der Waals surface area (Å²) in [7, 11) is 0. The molecule has 0 saturated carbocycles. The first-order chi connectivity index (χ1) is 16.6. The van der Waals surface area contributed by atoms with Gasteiger partial charge in [-0.1, -0.05) is 59.7 Å². The van der Waals surface area contributed by atoms with Crippen LogP contribution in [-0.2, 0) is 20.4 Å². The summed E-state index contributed by atoms with van der Waals surface area (Å²) in [5.74, 6) is -2.43. The number of carbonyl (C=O) groups is 3. The van der Waals surface area contributed by atoms with Gasteiger partial charge in [-0.3, -0.25) is 24.8 Å². The Labute approximate surface area is 211 Å². The lowest BCUT2D eigenvalue weighted by Gasteiger charge is -2.28. The fourth-order valence-corrected chi connectivity index (χ4v) is 3.44. The topological polar surface area (TPSA) is 170 Å². The second-order valence-corrected chi connectivity index (χ2v) is 10.7. The van der Waals surface area contributed by atoms with E-state index in [-0.39, 0.29) is 35.3 Å². The van der Waals surface area contributed by atoms with Gasteiger partial charge in [0.05, 0.1) is 36.5 Å². The molecule has 0 spiro atoms. The lowest BCUT2D eigenvalue weighted by molar-refractivity contribution is -0.137. The lowest BCUT2D eigenvalue weighted by Crippen LogP contribution is -2.39. The monoisotopic (exact) mass is 496 g/mol. The number of carboxylic acids is 1. The van der Waals surface area contributed by atoms with Crippen LogP contribution in [0.5, 0.6) is 0 Å². The number of benzene rings is 1. The number of hydrogen-bond acceptors (Lipinski definition) is 5. The van der Waals surface area contributed by atoms with E-state index >= 15 is 0 Å². The Kier molecular flexibility index (Phi) is 8.80. The fraction of sp³-hybridized carbons (Fsp3) is 0.423. The van der Waals surface area contributed by atoms with Crippen LogP contribution in [0.2, 0.25) is 0 Å². The van der Waals surface area contributed by atoms with E-state index in [9.17, 15) is 19.5 Å². The van der Waals surface area contributed by atoms with Crippen LogP contribution in [0, 0.1) is 5.41 Å². The van der Waals surface area contributed by atoms with Crippen molar-refractivity contribution in [1.82, 2.24) is 15.6 Å². The highest BCUT2D eigenvalue weighted by Crippen LogP contribution is 2.33. The predicted octanol–water partition coefficient (Wildman–Crippen LogP) is 3.04. The Morgan fingerprint density at radius 2 is 1.58 bits per heavy atom. The zero-order valence-corrected chi connectivity index (χ0v) is 21.7. The fourth-order valence-electron chi connectivity index (χ4n) is 3.44. The largest absolute Gasteiger partial charge is 0.481 e. The first-order valence-electron chi connectivity index (χ1n) is 11.6. The van der Waals surface area contributed by atoms with Gasteiger partial charge in [0.1, 0.15) is 0 Å². The number of amides is 2. The molecule has 0 radical (unpaired) electrons. The van der Waals surface area contributed by atoms with Crippen LogP contribution in [0.25, 0.3) is 0 Å². The van der Waals surface area contributed by atoms with Crippen molar-refractivity contribution < 1.29 is 19.5 Å². The van der Waals surface area contributed by atoms with E-state index in [1.165, 1.54) is 18.5 Å². The number of carbonyl (C=O) groups excluding carboxylic acids is 2. The Balaban J connectivity index is 2.22. The maximum atomic E-state index is 12.7. The molecule has 0 aliphatic carbocycles. The highest BCUT2D eigenvalue weighted by atomic mass is 16.4. The summed E-state index contributed by atoms with van der Waals surface area (Å²) >= 11 is 0. The van der Waals surface area contributed by atoms with Gasteiger partial charge in [0.2, 0.25) is 5.91 Å². The third-order valence-electron chi connectivity index (χ3n) is 5.49. The van der Waals surface area contributed by atoms with Crippen molar-refractivity contribution >= 4 is 29.4 Å². The predicted molar refractivity (Wildman–Crippen MR) is 139 cm³/mol. The zero-order chi connectivity index (χ0) is 27.3. The lowest BCUT2D eigenvalue weighted by atomic mass is 9.78. The molecule has 10 nitrogen and oxygen atoms in total. The first kappa shape index (κ1) is 28.3. The molecule has 194 valence electrons. The molecule has 0 bridgehead atoms. The van der Waals surface area contributed by atoms with E-state index in [1.807, 2.05) is 12.1 Å². The van der Waals surface area contributed by atoms with E-state index in [0.29, 0.717) is 11.3 Å². The van der Waals surface area contributed by atoms with Crippen molar-refractivity contribution in [1.29, 1.82) is 5.41 Å². The Morgan fingerprint density at radius 3 is 2.08 bits per heavy atom. The van der Waals surface area contributed by atoms with Crippen molar-refractivity contribution in [3.8, 4) is 0 Å². The number of pyridine rings is 1. The smallest absolute Gasteiger partial charge is 0.305 e. The van der Waals surface area contributed by atoms with Crippen molar-refractivity contribution in [2.75, 3.05) is 11.9 Å². The third-order valence-corrected chi connectivity index (χ3v) is 5.49. The molecule has 0 aliphatic heterocycles. The molecule has 7 N–H and O–H groups in total. The molecule has 0 fully saturated rings. The number of nitrogens with one attached hydrogen (secondary N) is 4. The number of anilines is 1. The SMILES string of the molecule is CC(C)(C)c1cc(C(CC(=O)O)NC(=O)CNC(=O)c2cncc(NC(=N)N)c2)cc(C(C)(C)C)c1. The first-order valence-corrected chi connectivity index (χ1v) is 11.6. The standard InChI is InChI=1S/C26H36N6O4/c1-25(2,3)17-7-15(8-18(10-17)26(4,5)6)20(11-22(34)35)32-21(33)14-30-23(36)16-9-19(13-29-12-16)31-24(27)28/h7-10,12-13,20H,11,14H2,1-6H3,(H,30,36)(H,32,33)(H,34,35)(H4,27,28,31). The Morgan fingerprint density at radius 1 is 1.00 bits per heavy atom. The molecule has 1 aromatic carbocycles. The second kappa shape index (κ2) is 11.2. The Hall–Kier alpha value is -3.95. The summed E-state index contributed by atoms with van der Waals surface area (Å²) in [4.78, 5) is 40.8. The molecule has 1 unspecified atom stereocenters. The summed E-state index contributed by atoms with van der Waals surface area (Å²) in [5.41, 5.74) is 8.23. The number of aromatic nitrogens is 1. The van der Waals surface area contributed by atoms with Crippen LogP contribution in [0.4, 0.5) is 5.69 Å². The van der Waals surface area contributed by atoms with Gasteiger partial charge in [0.15, 0.2) is 5.96 Å². The van der Waals surface area contributed by atoms with E-state index in [2.05, 4.69) is 68.5 Å². The summed E-state index contributed by atoms with van der Waals surface area (Å²) in [5, 5.41) is 24.6. The van der Waals surface area contributed by atoms with Crippen molar-refractivity contribution in [3.63, 3.8) is 0 Å². The second-order valence-electron chi connectivity index (χ2n) is 10.7. The quantitative estimate of drug-likeness (QED) is 0.241. The molecule has 0 saturated heterocycles. The number of guanidine groups is 1. The average Bonchev–Trinajstić information content (AvgIpc) is 2.75. The summed E-state index contributed by atoms with van der Waals surface area (Å²) in [6.45, 7) is 12.1. The molecule has 36 heavy (non-hydrogen) atoms. The van der Waals surface area contributed by atoms with Gasteiger partial charge in [-0.05, 0) is 33.6 Å². The number of aliphatic carboxylic acids is 1. The van der Waals surface area contributed by atoms with Crippen LogP contribution >= 0.6 is 0 Å². The summed E-state index contributed by atoms with van der Waals surface area (Å²) < 4.78 is 0. The molecule has 10 heteroatoms. The molecular weight excluding hydrogens is 460 g/mol. The molecule has 1 aromatic heterocycles. The molecule has 1 heterocycles. The van der Waals surface area contributed by atoms with Crippen LogP contribution in [-0.4, -0.2) is 40.4 Å². The summed E-state index contributed by atoms with van der Waals surface area (Å²) in [6, 6.07) is 6.65. The van der Waals surface area contributed by atoms with Gasteiger partial charge in [0, 0.05) is 6.20 Å². The average molecular weight is 497 g/mol.